The highest BCUT2D eigenvalue weighted by molar-refractivity contribution is 7.85. The third kappa shape index (κ3) is 5.46. The molecule has 0 amide bonds. The second kappa shape index (κ2) is 7.03. The molecule has 0 bridgehead atoms. The van der Waals surface area contributed by atoms with Gasteiger partial charge in [0.05, 0.1) is 19.5 Å². The highest BCUT2D eigenvalue weighted by atomic mass is 32.2. The van der Waals surface area contributed by atoms with Crippen LogP contribution in [0.15, 0.2) is 22.8 Å². The fourth-order valence-corrected chi connectivity index (χ4v) is 2.68. The Morgan fingerprint density at radius 2 is 2.14 bits per heavy atom. The lowest BCUT2D eigenvalue weighted by Crippen LogP contribution is -2.44. The van der Waals surface area contributed by atoms with E-state index in [4.69, 9.17) is 18.4 Å². The lowest BCUT2D eigenvalue weighted by atomic mass is 10.3. The lowest BCUT2D eigenvalue weighted by Gasteiger charge is -2.29. The molecule has 118 valence electrons. The fraction of sp³-hybridized carbons (Fsp3) is 0.583. The van der Waals surface area contributed by atoms with Gasteiger partial charge in [-0.2, -0.15) is 8.42 Å². The van der Waals surface area contributed by atoms with Crippen LogP contribution in [0.5, 0.6) is 0 Å². The second-order valence-electron chi connectivity index (χ2n) is 4.67. The van der Waals surface area contributed by atoms with Gasteiger partial charge in [0.1, 0.15) is 11.9 Å². The van der Waals surface area contributed by atoms with E-state index in [0.717, 1.165) is 0 Å². The largest absolute Gasteiger partial charge is 0.457 e. The summed E-state index contributed by atoms with van der Waals surface area (Å²) < 4.78 is 46.3. The number of hydrogen-bond acceptors (Lipinski definition) is 7. The molecule has 2 heterocycles. The van der Waals surface area contributed by atoms with Crippen molar-refractivity contribution < 1.29 is 31.7 Å². The van der Waals surface area contributed by atoms with Gasteiger partial charge in [-0.1, -0.05) is 0 Å². The molecule has 1 atom stereocenters. The van der Waals surface area contributed by atoms with Crippen molar-refractivity contribution >= 4 is 16.1 Å². The van der Waals surface area contributed by atoms with Crippen LogP contribution >= 0.6 is 0 Å². The van der Waals surface area contributed by atoms with Crippen LogP contribution in [0.2, 0.25) is 0 Å². The Kier molecular flexibility index (Phi) is 5.34. The minimum Gasteiger partial charge on any atom is -0.457 e. The van der Waals surface area contributed by atoms with Gasteiger partial charge in [0.15, 0.2) is 0 Å². The van der Waals surface area contributed by atoms with Gasteiger partial charge in [-0.25, -0.2) is 4.79 Å². The molecule has 0 saturated carbocycles. The normalized spacial score (nSPS) is 18.3. The highest BCUT2D eigenvalue weighted by Crippen LogP contribution is 2.09. The van der Waals surface area contributed by atoms with Crippen LogP contribution < -0.4 is 0 Å². The molecule has 2 rings (SSSR count). The number of nitrogens with zero attached hydrogens (tertiary/aromatic N) is 1. The molecular weight excluding hydrogens is 302 g/mol. The van der Waals surface area contributed by atoms with Crippen molar-refractivity contribution in [1.29, 1.82) is 0 Å². The summed E-state index contributed by atoms with van der Waals surface area (Å²) in [5.74, 6) is -1.43. The standard InChI is InChI=1S/C12H17NO7S/c14-12(11-2-1-5-19-11)20-10(9-21(15,16)17)8-13-3-6-18-7-4-13/h1-2,5,10H,3-4,6-9H2,(H,15,16,17). The van der Waals surface area contributed by atoms with E-state index in [-0.39, 0.29) is 12.3 Å². The van der Waals surface area contributed by atoms with E-state index >= 15 is 0 Å². The van der Waals surface area contributed by atoms with Crippen molar-refractivity contribution in [1.82, 2.24) is 4.90 Å². The number of furan rings is 1. The molecule has 1 fully saturated rings. The first-order valence-corrected chi connectivity index (χ1v) is 8.05. The molecule has 1 aromatic rings. The molecule has 8 nitrogen and oxygen atoms in total. The average molecular weight is 319 g/mol. The van der Waals surface area contributed by atoms with Crippen molar-refractivity contribution in [2.24, 2.45) is 0 Å². The maximum Gasteiger partial charge on any atom is 0.374 e. The molecule has 1 unspecified atom stereocenters. The Bertz CT molecular complexity index is 548. The average Bonchev–Trinajstić information content (AvgIpc) is 2.91. The number of esters is 1. The first-order chi connectivity index (χ1) is 9.94. The Balaban J connectivity index is 1.99. The van der Waals surface area contributed by atoms with Gasteiger partial charge in [-0.05, 0) is 12.1 Å². The molecule has 9 heteroatoms. The van der Waals surface area contributed by atoms with Crippen molar-refractivity contribution in [3.63, 3.8) is 0 Å². The minimum absolute atomic E-state index is 0.0164. The summed E-state index contributed by atoms with van der Waals surface area (Å²) in [5.41, 5.74) is 0. The molecule has 1 N–H and O–H groups in total. The third-order valence-electron chi connectivity index (χ3n) is 2.96. The van der Waals surface area contributed by atoms with E-state index in [0.29, 0.717) is 26.3 Å². The Hall–Kier alpha value is -1.42. The van der Waals surface area contributed by atoms with Crippen LogP contribution in [-0.2, 0) is 19.6 Å². The van der Waals surface area contributed by atoms with Crippen molar-refractivity contribution in [3.05, 3.63) is 24.2 Å². The molecule has 1 saturated heterocycles. The number of carbonyl (C=O) groups excluding carboxylic acids is 1. The topological polar surface area (TPSA) is 106 Å². The summed E-state index contributed by atoms with van der Waals surface area (Å²) in [5, 5.41) is 0. The van der Waals surface area contributed by atoms with Crippen molar-refractivity contribution in [3.8, 4) is 0 Å². The summed E-state index contributed by atoms with van der Waals surface area (Å²) in [7, 11) is -4.25. The zero-order chi connectivity index (χ0) is 15.3. The molecule has 21 heavy (non-hydrogen) atoms. The van der Waals surface area contributed by atoms with Crippen molar-refractivity contribution in [2.75, 3.05) is 38.6 Å². The SMILES string of the molecule is O=C(OC(CN1CCOCC1)CS(=O)(=O)O)c1ccco1. The quantitative estimate of drug-likeness (QED) is 0.578. The zero-order valence-electron chi connectivity index (χ0n) is 11.3. The summed E-state index contributed by atoms with van der Waals surface area (Å²) >= 11 is 0. The Morgan fingerprint density at radius 3 is 2.71 bits per heavy atom. The number of carbonyl (C=O) groups is 1. The summed E-state index contributed by atoms with van der Waals surface area (Å²) in [6, 6.07) is 2.94. The van der Waals surface area contributed by atoms with E-state index in [2.05, 4.69) is 0 Å². The molecule has 0 aromatic carbocycles. The van der Waals surface area contributed by atoms with E-state index in [1.165, 1.54) is 18.4 Å². The van der Waals surface area contributed by atoms with Crippen LogP contribution in [-0.4, -0.2) is 68.5 Å². The first kappa shape index (κ1) is 16.0. The molecule has 0 radical (unpaired) electrons. The van der Waals surface area contributed by atoms with Gasteiger partial charge in [-0.15, -0.1) is 0 Å². The third-order valence-corrected chi connectivity index (χ3v) is 3.75. The van der Waals surface area contributed by atoms with E-state index in [1.54, 1.807) is 0 Å². The van der Waals surface area contributed by atoms with E-state index in [9.17, 15) is 13.2 Å². The number of rotatable bonds is 6. The van der Waals surface area contributed by atoms with Crippen LogP contribution in [0.4, 0.5) is 0 Å². The van der Waals surface area contributed by atoms with Gasteiger partial charge < -0.3 is 13.9 Å². The Morgan fingerprint density at radius 1 is 1.43 bits per heavy atom. The predicted molar refractivity (Wildman–Crippen MR) is 71.6 cm³/mol. The van der Waals surface area contributed by atoms with Gasteiger partial charge in [-0.3, -0.25) is 9.45 Å². The van der Waals surface area contributed by atoms with Gasteiger partial charge in [0, 0.05) is 19.6 Å². The first-order valence-electron chi connectivity index (χ1n) is 6.44. The predicted octanol–water partition coefficient (Wildman–Crippen LogP) is 0.0250. The molecular formula is C12H17NO7S. The number of ether oxygens (including phenoxy) is 2. The number of hydrogen-bond donors (Lipinski definition) is 1. The summed E-state index contributed by atoms with van der Waals surface area (Å²) in [6.45, 7) is 2.49. The maximum absolute atomic E-state index is 11.8. The molecule has 1 aliphatic rings. The van der Waals surface area contributed by atoms with E-state index in [1.807, 2.05) is 4.90 Å². The second-order valence-corrected chi connectivity index (χ2v) is 6.16. The highest BCUT2D eigenvalue weighted by Gasteiger charge is 2.26. The molecule has 1 aromatic heterocycles. The van der Waals surface area contributed by atoms with E-state index < -0.39 is 27.9 Å². The Labute approximate surface area is 122 Å². The zero-order valence-corrected chi connectivity index (χ0v) is 12.1. The lowest BCUT2D eigenvalue weighted by molar-refractivity contribution is -0.000723. The molecule has 1 aliphatic heterocycles. The van der Waals surface area contributed by atoms with Gasteiger partial charge >= 0.3 is 5.97 Å². The fourth-order valence-electron chi connectivity index (χ4n) is 2.03. The van der Waals surface area contributed by atoms with Crippen molar-refractivity contribution in [2.45, 2.75) is 6.10 Å². The van der Waals surface area contributed by atoms with Gasteiger partial charge in [0.2, 0.25) is 5.76 Å². The number of morpholine rings is 1. The van der Waals surface area contributed by atoms with Crippen LogP contribution in [0.1, 0.15) is 10.6 Å². The van der Waals surface area contributed by atoms with Crippen LogP contribution in [0.25, 0.3) is 0 Å². The minimum atomic E-state index is -4.25. The summed E-state index contributed by atoms with van der Waals surface area (Å²) in [4.78, 5) is 13.7. The maximum atomic E-state index is 11.8. The smallest absolute Gasteiger partial charge is 0.374 e. The van der Waals surface area contributed by atoms with Crippen LogP contribution in [0.3, 0.4) is 0 Å². The van der Waals surface area contributed by atoms with Crippen LogP contribution in [0, 0.1) is 0 Å². The molecule has 0 aliphatic carbocycles. The molecule has 0 spiro atoms. The monoisotopic (exact) mass is 319 g/mol. The summed E-state index contributed by atoms with van der Waals surface area (Å²) in [6.07, 6.45) is 0.340. The van der Waals surface area contributed by atoms with Gasteiger partial charge in [0.25, 0.3) is 10.1 Å².